The first-order valence-electron chi connectivity index (χ1n) is 8.57. The zero-order chi connectivity index (χ0) is 19.2. The van der Waals surface area contributed by atoms with Gasteiger partial charge in [0, 0.05) is 11.3 Å². The van der Waals surface area contributed by atoms with Crippen molar-refractivity contribution in [3.05, 3.63) is 29.8 Å². The number of aromatic hydroxyl groups is 1. The summed E-state index contributed by atoms with van der Waals surface area (Å²) in [7, 11) is 0. The predicted molar refractivity (Wildman–Crippen MR) is 105 cm³/mol. The number of nitrogens with zero attached hydrogens (tertiary/aromatic N) is 6. The number of hydrazone groups is 1. The van der Waals surface area contributed by atoms with Gasteiger partial charge in [-0.1, -0.05) is 36.0 Å². The number of rotatable bonds is 8. The second-order valence-electron chi connectivity index (χ2n) is 5.74. The highest BCUT2D eigenvalue weighted by Gasteiger charge is 2.15. The molecule has 0 spiro atoms. The van der Waals surface area contributed by atoms with Crippen molar-refractivity contribution in [3.63, 3.8) is 0 Å². The Balaban J connectivity index is 1.96. The molecule has 0 amide bonds. The molecule has 2 aromatic heterocycles. The molecule has 142 valence electrons. The van der Waals surface area contributed by atoms with Crippen molar-refractivity contribution < 1.29 is 10.2 Å². The van der Waals surface area contributed by atoms with Crippen LogP contribution in [0.4, 0.5) is 5.82 Å². The Bertz CT molecular complexity index is 958. The molecule has 9 nitrogen and oxygen atoms in total. The van der Waals surface area contributed by atoms with Crippen LogP contribution in [0.5, 0.6) is 5.75 Å². The highest BCUT2D eigenvalue weighted by molar-refractivity contribution is 7.99. The summed E-state index contributed by atoms with van der Waals surface area (Å²) >= 11 is 1.53. The smallest absolute Gasteiger partial charge is 0.191 e. The van der Waals surface area contributed by atoms with E-state index in [1.54, 1.807) is 25.1 Å². The molecule has 0 saturated heterocycles. The van der Waals surface area contributed by atoms with Gasteiger partial charge in [0.25, 0.3) is 0 Å². The van der Waals surface area contributed by atoms with Gasteiger partial charge in [-0.3, -0.25) is 5.43 Å². The van der Waals surface area contributed by atoms with Gasteiger partial charge >= 0.3 is 0 Å². The number of thioether (sulfide) groups is 1. The highest BCUT2D eigenvalue weighted by atomic mass is 32.2. The van der Waals surface area contributed by atoms with Gasteiger partial charge in [-0.2, -0.15) is 5.10 Å². The molecule has 3 aromatic rings. The zero-order valence-corrected chi connectivity index (χ0v) is 15.9. The fraction of sp³-hybridized carbons (Fsp3) is 0.353. The lowest BCUT2D eigenvalue weighted by Crippen LogP contribution is -2.06. The lowest BCUT2D eigenvalue weighted by atomic mass is 10.1. The molecule has 0 aliphatic carbocycles. The van der Waals surface area contributed by atoms with Crippen molar-refractivity contribution in [2.24, 2.45) is 5.10 Å². The lowest BCUT2D eigenvalue weighted by molar-refractivity contribution is 0.270. The predicted octanol–water partition coefficient (Wildman–Crippen LogP) is 2.26. The average molecular weight is 387 g/mol. The number of aliphatic hydroxyl groups excluding tert-OH is 1. The number of hydrogen-bond donors (Lipinski definition) is 3. The van der Waals surface area contributed by atoms with Crippen LogP contribution >= 0.6 is 11.8 Å². The van der Waals surface area contributed by atoms with E-state index in [-0.39, 0.29) is 12.4 Å². The fourth-order valence-electron chi connectivity index (χ4n) is 2.39. The van der Waals surface area contributed by atoms with Crippen LogP contribution < -0.4 is 5.43 Å². The van der Waals surface area contributed by atoms with E-state index in [1.165, 1.54) is 16.4 Å². The van der Waals surface area contributed by atoms with Crippen LogP contribution in [0.3, 0.4) is 0 Å². The maximum Gasteiger partial charge on any atom is 0.191 e. The van der Waals surface area contributed by atoms with E-state index in [0.29, 0.717) is 40.0 Å². The molecule has 3 rings (SSSR count). The average Bonchev–Trinajstić information content (AvgIpc) is 3.08. The first-order valence-corrected chi connectivity index (χ1v) is 9.56. The number of aromatic nitrogens is 5. The summed E-state index contributed by atoms with van der Waals surface area (Å²) in [5.41, 5.74) is 5.15. The number of aliphatic hydroxyl groups is 1. The maximum absolute atomic E-state index is 9.97. The zero-order valence-electron chi connectivity index (χ0n) is 15.1. The van der Waals surface area contributed by atoms with Crippen molar-refractivity contribution in [2.45, 2.75) is 32.0 Å². The molecule has 3 N–H and O–H groups in total. The minimum absolute atomic E-state index is 0.0623. The van der Waals surface area contributed by atoms with Gasteiger partial charge in [-0.15, -0.1) is 5.10 Å². The van der Waals surface area contributed by atoms with E-state index >= 15 is 0 Å². The third kappa shape index (κ3) is 4.34. The summed E-state index contributed by atoms with van der Waals surface area (Å²) in [5, 5.41) is 32.2. The molecule has 10 heteroatoms. The van der Waals surface area contributed by atoms with Gasteiger partial charge in [0.1, 0.15) is 5.75 Å². The molecule has 0 saturated carbocycles. The summed E-state index contributed by atoms with van der Waals surface area (Å²) < 4.78 is 1.54. The number of phenolic OH excluding ortho intramolecular Hbond substituents is 1. The van der Waals surface area contributed by atoms with Crippen LogP contribution in [0.25, 0.3) is 11.2 Å². The summed E-state index contributed by atoms with van der Waals surface area (Å²) in [6, 6.07) is 6.98. The van der Waals surface area contributed by atoms with Gasteiger partial charge in [-0.25, -0.2) is 14.6 Å². The molecular formula is C17H21N7O2S. The minimum Gasteiger partial charge on any atom is -0.507 e. The number of fused-ring (bicyclic) bond motifs is 1. The molecule has 0 atom stereocenters. The van der Waals surface area contributed by atoms with Crippen molar-refractivity contribution in [1.82, 2.24) is 25.0 Å². The topological polar surface area (TPSA) is 121 Å². The SMILES string of the molecule is CCCSc1nc(N/N=C(\C)c2ccccc2O)c2nnn(CCO)c2n1. The molecule has 0 fully saturated rings. The van der Waals surface area contributed by atoms with Gasteiger partial charge in [0.05, 0.1) is 18.9 Å². The van der Waals surface area contributed by atoms with Crippen LogP contribution in [0, 0.1) is 0 Å². The van der Waals surface area contributed by atoms with E-state index in [9.17, 15) is 10.2 Å². The number of para-hydroxylation sites is 1. The lowest BCUT2D eigenvalue weighted by Gasteiger charge is -2.07. The summed E-state index contributed by atoms with van der Waals surface area (Å²) in [5.74, 6) is 1.46. The van der Waals surface area contributed by atoms with Crippen LogP contribution in [-0.4, -0.2) is 53.2 Å². The number of phenols is 1. The van der Waals surface area contributed by atoms with Crippen molar-refractivity contribution in [2.75, 3.05) is 17.8 Å². The minimum atomic E-state index is -0.0623. The van der Waals surface area contributed by atoms with Gasteiger partial charge in [0.2, 0.25) is 0 Å². The standard InChI is InChI=1S/C17H21N7O2S/c1-3-10-27-17-18-15(14-16(19-17)24(8-9-25)23-21-14)22-20-11(2)12-6-4-5-7-13(12)26/h4-7,25-26H,3,8-10H2,1-2H3,(H,18,19,22)/b20-11+. The Hall–Kier alpha value is -2.72. The first-order chi connectivity index (χ1) is 13.1. The van der Waals surface area contributed by atoms with Gasteiger partial charge in [-0.05, 0) is 25.5 Å². The molecular weight excluding hydrogens is 366 g/mol. The number of nitrogens with one attached hydrogen (secondary N) is 1. The Morgan fingerprint density at radius 1 is 1.30 bits per heavy atom. The van der Waals surface area contributed by atoms with Crippen LogP contribution in [0.2, 0.25) is 0 Å². The van der Waals surface area contributed by atoms with E-state index in [2.05, 4.69) is 37.7 Å². The van der Waals surface area contributed by atoms with Crippen molar-refractivity contribution in [3.8, 4) is 5.75 Å². The normalized spacial score (nSPS) is 11.9. The second-order valence-corrected chi connectivity index (χ2v) is 6.80. The van der Waals surface area contributed by atoms with Crippen molar-refractivity contribution >= 4 is 34.5 Å². The van der Waals surface area contributed by atoms with E-state index < -0.39 is 0 Å². The molecule has 1 aromatic carbocycles. The first kappa shape index (κ1) is 19.1. The van der Waals surface area contributed by atoms with E-state index in [1.807, 2.05) is 6.07 Å². The summed E-state index contributed by atoms with van der Waals surface area (Å²) in [6.45, 7) is 4.11. The van der Waals surface area contributed by atoms with E-state index in [0.717, 1.165) is 12.2 Å². The third-order valence-corrected chi connectivity index (χ3v) is 4.77. The molecule has 0 unspecified atom stereocenters. The van der Waals surface area contributed by atoms with Gasteiger partial charge < -0.3 is 10.2 Å². The Morgan fingerprint density at radius 2 is 2.11 bits per heavy atom. The molecule has 0 bridgehead atoms. The fourth-order valence-corrected chi connectivity index (χ4v) is 3.09. The number of hydrogen-bond acceptors (Lipinski definition) is 9. The third-order valence-electron chi connectivity index (χ3n) is 3.71. The molecule has 0 aliphatic rings. The molecule has 2 heterocycles. The summed E-state index contributed by atoms with van der Waals surface area (Å²) in [4.78, 5) is 8.99. The largest absolute Gasteiger partial charge is 0.507 e. The number of benzene rings is 1. The Kier molecular flexibility index (Phi) is 6.20. The second kappa shape index (κ2) is 8.78. The van der Waals surface area contributed by atoms with Crippen molar-refractivity contribution in [1.29, 1.82) is 0 Å². The van der Waals surface area contributed by atoms with Crippen LogP contribution in [0.1, 0.15) is 25.8 Å². The maximum atomic E-state index is 9.97. The van der Waals surface area contributed by atoms with Gasteiger partial charge in [0.15, 0.2) is 22.1 Å². The summed E-state index contributed by atoms with van der Waals surface area (Å²) in [6.07, 6.45) is 0.994. The van der Waals surface area contributed by atoms with E-state index in [4.69, 9.17) is 0 Å². The highest BCUT2D eigenvalue weighted by Crippen LogP contribution is 2.24. The Morgan fingerprint density at radius 3 is 2.85 bits per heavy atom. The molecule has 0 aliphatic heterocycles. The quantitative estimate of drug-likeness (QED) is 0.233. The molecule has 27 heavy (non-hydrogen) atoms. The monoisotopic (exact) mass is 387 g/mol. The molecule has 0 radical (unpaired) electrons. The Labute approximate surface area is 160 Å². The number of anilines is 1. The van der Waals surface area contributed by atoms with Crippen LogP contribution in [0.15, 0.2) is 34.5 Å². The van der Waals surface area contributed by atoms with Crippen LogP contribution in [-0.2, 0) is 6.54 Å².